The van der Waals surface area contributed by atoms with E-state index in [1.54, 1.807) is 0 Å². The summed E-state index contributed by atoms with van der Waals surface area (Å²) >= 11 is 1.87. The fraction of sp³-hybridized carbons (Fsp3) is 0. The molecule has 0 unspecified atom stereocenters. The van der Waals surface area contributed by atoms with Gasteiger partial charge < -0.3 is 9.32 Å². The lowest BCUT2D eigenvalue weighted by molar-refractivity contribution is 0.669. The number of nitrogens with zero attached hydrogens (tertiary/aromatic N) is 1. The Morgan fingerprint density at radius 3 is 1.80 bits per heavy atom. The third-order valence-corrected chi connectivity index (χ3v) is 12.1. The molecule has 2 aromatic heterocycles. The molecule has 0 atom stereocenters. The first kappa shape index (κ1) is 31.6. The van der Waals surface area contributed by atoms with Crippen molar-refractivity contribution in [3.05, 3.63) is 200 Å². The number of fused-ring (bicyclic) bond motifs is 7. The average Bonchev–Trinajstić information content (AvgIpc) is 3.84. The summed E-state index contributed by atoms with van der Waals surface area (Å²) in [6, 6.07) is 72.2. The van der Waals surface area contributed by atoms with E-state index in [-0.39, 0.29) is 0 Å². The lowest BCUT2D eigenvalue weighted by Crippen LogP contribution is -2.11. The highest BCUT2D eigenvalue weighted by molar-refractivity contribution is 7.26. The summed E-state index contributed by atoms with van der Waals surface area (Å²) in [5.41, 5.74) is 12.2. The number of benzene rings is 9. The van der Waals surface area contributed by atoms with Gasteiger partial charge in [0.1, 0.15) is 11.2 Å². The molecule has 11 rings (SSSR count). The predicted octanol–water partition coefficient (Wildman–Crippen LogP) is 15.6. The molecule has 2 nitrogen and oxygen atoms in total. The molecule has 0 aliphatic rings. The zero-order valence-corrected chi connectivity index (χ0v) is 30.6. The second-order valence-corrected chi connectivity index (χ2v) is 15.1. The van der Waals surface area contributed by atoms with Crippen LogP contribution >= 0.6 is 11.3 Å². The molecule has 0 aliphatic heterocycles. The number of anilines is 3. The lowest BCUT2D eigenvalue weighted by atomic mass is 9.92. The molecule has 55 heavy (non-hydrogen) atoms. The maximum atomic E-state index is 6.50. The highest BCUT2D eigenvalue weighted by atomic mass is 32.1. The lowest BCUT2D eigenvalue weighted by Gasteiger charge is -2.29. The molecule has 9 aromatic carbocycles. The van der Waals surface area contributed by atoms with Gasteiger partial charge in [0.05, 0.1) is 16.8 Å². The Morgan fingerprint density at radius 2 is 0.982 bits per heavy atom. The van der Waals surface area contributed by atoms with E-state index in [2.05, 4.69) is 199 Å². The fourth-order valence-corrected chi connectivity index (χ4v) is 9.65. The Morgan fingerprint density at radius 1 is 0.364 bits per heavy atom. The monoisotopic (exact) mass is 719 g/mol. The second kappa shape index (κ2) is 12.9. The molecule has 0 aliphatic carbocycles. The summed E-state index contributed by atoms with van der Waals surface area (Å²) in [7, 11) is 0. The molecule has 0 bridgehead atoms. The molecule has 0 fully saturated rings. The third kappa shape index (κ3) is 5.16. The maximum Gasteiger partial charge on any atom is 0.137 e. The summed E-state index contributed by atoms with van der Waals surface area (Å²) in [6.45, 7) is 0. The standard InChI is InChI=1S/C52H33NOS/c1-3-15-34(16-4-1)37-31-32-46(40-20-8-7-19-39(37)40)53(47-25-14-27-49-51(47)44-22-9-11-26-48(44)54-49)36-29-30-38(35-17-5-2-6-18-35)45(33-36)43-24-13-23-42-41-21-10-12-28-50(41)55-52(42)43/h1-33H. The second-order valence-electron chi connectivity index (χ2n) is 14.0. The number of rotatable bonds is 6. The van der Waals surface area contributed by atoms with Gasteiger partial charge in [-0.1, -0.05) is 158 Å². The average molecular weight is 720 g/mol. The van der Waals surface area contributed by atoms with Gasteiger partial charge in [0, 0.05) is 42.2 Å². The molecule has 0 saturated carbocycles. The molecule has 0 N–H and O–H groups in total. The number of furan rings is 1. The first-order valence-corrected chi connectivity index (χ1v) is 19.5. The maximum absolute atomic E-state index is 6.50. The molecule has 2 heterocycles. The van der Waals surface area contributed by atoms with Crippen molar-refractivity contribution in [3.8, 4) is 33.4 Å². The summed E-state index contributed by atoms with van der Waals surface area (Å²) in [6.07, 6.45) is 0. The molecular weight excluding hydrogens is 687 g/mol. The smallest absolute Gasteiger partial charge is 0.137 e. The van der Waals surface area contributed by atoms with E-state index in [0.717, 1.165) is 39.0 Å². The van der Waals surface area contributed by atoms with Gasteiger partial charge in [0.2, 0.25) is 0 Å². The van der Waals surface area contributed by atoms with Crippen LogP contribution in [0.4, 0.5) is 17.1 Å². The number of para-hydroxylation sites is 1. The number of thiophene rings is 1. The van der Waals surface area contributed by atoms with Gasteiger partial charge in [-0.25, -0.2) is 0 Å². The Balaban J connectivity index is 1.23. The van der Waals surface area contributed by atoms with Crippen molar-refractivity contribution in [3.63, 3.8) is 0 Å². The summed E-state index contributed by atoms with van der Waals surface area (Å²) in [5.74, 6) is 0. The van der Waals surface area contributed by atoms with E-state index in [1.807, 2.05) is 17.4 Å². The van der Waals surface area contributed by atoms with Crippen LogP contribution in [0.2, 0.25) is 0 Å². The summed E-state index contributed by atoms with van der Waals surface area (Å²) in [4.78, 5) is 2.45. The zero-order valence-electron chi connectivity index (χ0n) is 29.8. The number of hydrogen-bond acceptors (Lipinski definition) is 3. The van der Waals surface area contributed by atoms with Crippen molar-refractivity contribution >= 4 is 81.3 Å². The normalized spacial score (nSPS) is 11.6. The van der Waals surface area contributed by atoms with E-state index >= 15 is 0 Å². The molecule has 11 aromatic rings. The molecule has 0 amide bonds. The van der Waals surface area contributed by atoms with Crippen LogP contribution in [0, 0.1) is 0 Å². The fourth-order valence-electron chi connectivity index (χ4n) is 8.42. The SMILES string of the molecule is c1ccc(-c2ccc(N(c3ccc(-c4ccccc4)c4ccccc34)c3cccc4oc5ccccc5c34)cc2-c2cccc3c2sc2ccccc23)cc1. The van der Waals surface area contributed by atoms with Crippen molar-refractivity contribution in [1.82, 2.24) is 0 Å². The topological polar surface area (TPSA) is 16.4 Å². The van der Waals surface area contributed by atoms with Crippen LogP contribution in [0.5, 0.6) is 0 Å². The van der Waals surface area contributed by atoms with Crippen LogP contribution in [0.3, 0.4) is 0 Å². The minimum atomic E-state index is 0.866. The Hall–Kier alpha value is -6.94. The van der Waals surface area contributed by atoms with Crippen LogP contribution in [-0.4, -0.2) is 0 Å². The molecular formula is C52H33NOS. The molecule has 258 valence electrons. The zero-order chi connectivity index (χ0) is 36.3. The Bertz CT molecular complexity index is 3210. The Kier molecular flexibility index (Phi) is 7.39. The van der Waals surface area contributed by atoms with Crippen LogP contribution in [0.1, 0.15) is 0 Å². The van der Waals surface area contributed by atoms with Crippen LogP contribution < -0.4 is 4.90 Å². The van der Waals surface area contributed by atoms with Crippen LogP contribution in [-0.2, 0) is 0 Å². The van der Waals surface area contributed by atoms with Crippen molar-refractivity contribution in [2.75, 3.05) is 4.90 Å². The van der Waals surface area contributed by atoms with Gasteiger partial charge in [-0.05, 0) is 75.7 Å². The van der Waals surface area contributed by atoms with E-state index in [9.17, 15) is 0 Å². The van der Waals surface area contributed by atoms with Gasteiger partial charge in [0.25, 0.3) is 0 Å². The summed E-state index contributed by atoms with van der Waals surface area (Å²) < 4.78 is 9.10. The van der Waals surface area contributed by atoms with E-state index < -0.39 is 0 Å². The minimum absolute atomic E-state index is 0.866. The van der Waals surface area contributed by atoms with Crippen molar-refractivity contribution in [2.45, 2.75) is 0 Å². The van der Waals surface area contributed by atoms with Crippen molar-refractivity contribution in [1.29, 1.82) is 0 Å². The highest BCUT2D eigenvalue weighted by Crippen LogP contribution is 2.49. The van der Waals surface area contributed by atoms with Crippen LogP contribution in [0.15, 0.2) is 205 Å². The number of hydrogen-bond donors (Lipinski definition) is 0. The molecule has 0 spiro atoms. The van der Waals surface area contributed by atoms with Crippen molar-refractivity contribution < 1.29 is 4.42 Å². The van der Waals surface area contributed by atoms with Gasteiger partial charge >= 0.3 is 0 Å². The van der Waals surface area contributed by atoms with E-state index in [4.69, 9.17) is 4.42 Å². The van der Waals surface area contributed by atoms with Crippen molar-refractivity contribution in [2.24, 2.45) is 0 Å². The van der Waals surface area contributed by atoms with E-state index in [0.29, 0.717) is 0 Å². The molecule has 0 radical (unpaired) electrons. The van der Waals surface area contributed by atoms with Gasteiger partial charge in [0.15, 0.2) is 0 Å². The quantitative estimate of drug-likeness (QED) is 0.170. The largest absolute Gasteiger partial charge is 0.456 e. The van der Waals surface area contributed by atoms with Gasteiger partial charge in [-0.2, -0.15) is 0 Å². The molecule has 3 heteroatoms. The predicted molar refractivity (Wildman–Crippen MR) is 235 cm³/mol. The van der Waals surface area contributed by atoms with E-state index in [1.165, 1.54) is 64.3 Å². The van der Waals surface area contributed by atoms with Gasteiger partial charge in [-0.3, -0.25) is 0 Å². The Labute approximate surface area is 322 Å². The first-order chi connectivity index (χ1) is 27.3. The minimum Gasteiger partial charge on any atom is -0.456 e. The van der Waals surface area contributed by atoms with Gasteiger partial charge in [-0.15, -0.1) is 11.3 Å². The van der Waals surface area contributed by atoms with Crippen LogP contribution in [0.25, 0.3) is 86.3 Å². The molecule has 0 saturated heterocycles. The summed E-state index contributed by atoms with van der Waals surface area (Å²) in [5, 5.41) is 7.16. The third-order valence-electron chi connectivity index (χ3n) is 10.9. The first-order valence-electron chi connectivity index (χ1n) is 18.7. The highest BCUT2D eigenvalue weighted by Gasteiger charge is 2.24.